The van der Waals surface area contributed by atoms with E-state index in [-0.39, 0.29) is 25.9 Å². The fourth-order valence-electron chi connectivity index (χ4n) is 2.63. The van der Waals surface area contributed by atoms with Crippen LogP contribution in [0.2, 0.25) is 0 Å². The molecule has 176 valence electrons. The summed E-state index contributed by atoms with van der Waals surface area (Å²) in [6.45, 7) is 0. The van der Waals surface area contributed by atoms with E-state index in [0.29, 0.717) is 0 Å². The maximum atomic E-state index is 9.44. The predicted octanol–water partition coefficient (Wildman–Crippen LogP) is 5.16. The summed E-state index contributed by atoms with van der Waals surface area (Å²) in [5.74, 6) is 0. The minimum atomic E-state index is -5.12. The molecule has 0 bridgehead atoms. The van der Waals surface area contributed by atoms with E-state index in [1.807, 2.05) is 24.3 Å². The fraction of sp³-hybridized carbons (Fsp3) is 0. The summed E-state index contributed by atoms with van der Waals surface area (Å²) in [4.78, 5) is 0. The maximum absolute atomic E-state index is 9.44. The minimum Gasteiger partial charge on any atom is -1.00 e. The molecule has 0 heterocycles. The molecular weight excluding hydrogens is 489 g/mol. The zero-order valence-corrected chi connectivity index (χ0v) is 21.1. The van der Waals surface area contributed by atoms with Crippen molar-refractivity contribution in [2.75, 3.05) is 0 Å². The van der Waals surface area contributed by atoms with Gasteiger partial charge in [0.25, 0.3) is 0 Å². The molecule has 4 rings (SSSR count). The Balaban J connectivity index is 0. The number of rotatable bonds is 4. The van der Waals surface area contributed by atoms with Gasteiger partial charge in [0.1, 0.15) is 0 Å². The average Bonchev–Trinajstić information content (AvgIpc) is 2.80. The molecule has 2 N–H and O–H groups in total. The van der Waals surface area contributed by atoms with Gasteiger partial charge in [-0.15, -0.1) is 3.63 Å². The van der Waals surface area contributed by atoms with Crippen LogP contribution in [-0.4, -0.2) is 49.0 Å². The molecule has 0 radical (unpaired) electrons. The van der Waals surface area contributed by atoms with Crippen molar-refractivity contribution >= 4 is 43.9 Å². The van der Waals surface area contributed by atoms with Crippen molar-refractivity contribution in [1.82, 2.24) is 0 Å². The van der Waals surface area contributed by atoms with E-state index >= 15 is 0 Å². The molecule has 0 spiro atoms. The van der Waals surface area contributed by atoms with Crippen LogP contribution in [-0.2, 0) is 24.4 Å². The van der Waals surface area contributed by atoms with Crippen LogP contribution < -0.4 is 0 Å². The summed E-state index contributed by atoms with van der Waals surface area (Å²) < 4.78 is 55.6. The smallest absolute Gasteiger partial charge is 1.00 e. The number of benzene rings is 4. The van der Waals surface area contributed by atoms with Crippen LogP contribution in [0.1, 0.15) is 2.85 Å². The van der Waals surface area contributed by atoms with Gasteiger partial charge in [0.05, 0.1) is 0 Å². The van der Waals surface area contributed by atoms with Crippen LogP contribution >= 0.6 is 0 Å². The van der Waals surface area contributed by atoms with Crippen molar-refractivity contribution in [2.45, 2.75) is 0 Å². The zero-order valence-electron chi connectivity index (χ0n) is 20.0. The van der Waals surface area contributed by atoms with Crippen LogP contribution in [0, 0.1) is 0 Å². The third-order valence-corrected chi connectivity index (χ3v) is 5.31. The van der Waals surface area contributed by atoms with Gasteiger partial charge in [-0.25, -0.2) is 0 Å². The summed E-state index contributed by atoms with van der Waals surface area (Å²) >= 11 is 0. The number of hydrogen-bond donors (Lipinski definition) is 2. The molecule has 0 amide bonds. The summed E-state index contributed by atoms with van der Waals surface area (Å²) in [5, 5.41) is 0. The van der Waals surface area contributed by atoms with E-state index in [0.717, 1.165) is 0 Å². The van der Waals surface area contributed by atoms with Crippen molar-refractivity contribution in [3.05, 3.63) is 121 Å². The molecule has 10 heteroatoms. The first-order valence-corrected chi connectivity index (χ1v) is 12.2. The molecule has 0 fully saturated rings. The van der Waals surface area contributed by atoms with Crippen LogP contribution in [0.5, 0.6) is 0 Å². The van der Waals surface area contributed by atoms with Crippen molar-refractivity contribution in [2.24, 2.45) is 0 Å². The summed E-state index contributed by atoms with van der Waals surface area (Å²) in [6, 6.07) is 41.6. The molecule has 0 saturated heterocycles. The second-order valence-corrected chi connectivity index (χ2v) is 8.64. The fourth-order valence-corrected chi connectivity index (χ4v) is 3.50. The van der Waals surface area contributed by atoms with Gasteiger partial charge in [-0.2, -0.15) is 16.8 Å². The zero-order chi connectivity index (χ0) is 24.2. The van der Waals surface area contributed by atoms with Crippen LogP contribution in [0.3, 0.4) is 0 Å². The van der Waals surface area contributed by atoms with Gasteiger partial charge in [-0.3, -0.25) is 9.11 Å². The van der Waals surface area contributed by atoms with E-state index in [9.17, 15) is 16.8 Å². The van der Waals surface area contributed by atoms with Crippen LogP contribution in [0.15, 0.2) is 121 Å². The monoisotopic (exact) mass is 512 g/mol. The van der Waals surface area contributed by atoms with E-state index < -0.39 is 20.8 Å². The van der Waals surface area contributed by atoms with E-state index in [1.165, 1.54) is 22.3 Å². The van der Waals surface area contributed by atoms with E-state index in [4.69, 9.17) is 9.11 Å². The minimum absolute atomic E-state index is 0. The van der Waals surface area contributed by atoms with Crippen LogP contribution in [0.25, 0.3) is 22.3 Å². The van der Waals surface area contributed by atoms with Gasteiger partial charge >= 0.3 is 43.9 Å². The van der Waals surface area contributed by atoms with Crippen molar-refractivity contribution in [3.8, 4) is 22.3 Å². The standard InChI is InChI=1S/2C12H10.Mg.H2O7S2.2H/c2*1-3-7-11(8-4-1)12-9-5-2-6-10-12;;1-8(2,3)7-9(4,5)6;;/h2*1-10H;;(H,1,2,3)(H,4,5,6);;/q;;+2;;2*-1. The second kappa shape index (κ2) is 14.6. The van der Waals surface area contributed by atoms with Gasteiger partial charge in [0.15, 0.2) is 0 Å². The molecule has 0 saturated carbocycles. The molecule has 4 aromatic carbocycles. The van der Waals surface area contributed by atoms with Crippen molar-refractivity contribution < 1.29 is 32.4 Å². The summed E-state index contributed by atoms with van der Waals surface area (Å²) in [5.41, 5.74) is 5.10. The van der Waals surface area contributed by atoms with E-state index in [1.54, 1.807) is 0 Å². The molecule has 0 aliphatic carbocycles. The predicted molar refractivity (Wildman–Crippen MR) is 136 cm³/mol. The molecule has 0 unspecified atom stereocenters. The van der Waals surface area contributed by atoms with Gasteiger partial charge < -0.3 is 2.85 Å². The second-order valence-electron chi connectivity index (χ2n) is 6.39. The SMILES string of the molecule is O=S(=O)(O)OS(=O)(=O)O.[H-].[H-].[Mg+2].c1ccc(-c2ccccc2)cc1.c1ccc(-c2ccccc2)cc1. The Hall–Kier alpha value is -2.57. The van der Waals surface area contributed by atoms with Gasteiger partial charge in [-0.1, -0.05) is 121 Å². The van der Waals surface area contributed by atoms with Crippen LogP contribution in [0.4, 0.5) is 0 Å². The van der Waals surface area contributed by atoms with E-state index in [2.05, 4.69) is 101 Å². The first kappa shape index (κ1) is 29.5. The molecular formula is C24H24MgO7S2. The third-order valence-electron chi connectivity index (χ3n) is 3.93. The summed E-state index contributed by atoms with van der Waals surface area (Å²) in [6.07, 6.45) is 0. The van der Waals surface area contributed by atoms with Crippen molar-refractivity contribution in [3.63, 3.8) is 0 Å². The molecule has 0 aromatic heterocycles. The third kappa shape index (κ3) is 12.6. The average molecular weight is 513 g/mol. The molecule has 0 aliphatic heterocycles. The topological polar surface area (TPSA) is 118 Å². The quantitative estimate of drug-likeness (QED) is 0.286. The maximum Gasteiger partial charge on any atom is 2.00 e. The molecule has 7 nitrogen and oxygen atoms in total. The van der Waals surface area contributed by atoms with Gasteiger partial charge in [-0.05, 0) is 22.3 Å². The Labute approximate surface area is 219 Å². The summed E-state index contributed by atoms with van der Waals surface area (Å²) in [7, 11) is -10.2. The van der Waals surface area contributed by atoms with Gasteiger partial charge in [0.2, 0.25) is 0 Å². The Morgan fingerprint density at radius 3 is 0.735 bits per heavy atom. The Bertz CT molecular complexity index is 1130. The Kier molecular flexibility index (Phi) is 12.7. The normalized spacial score (nSPS) is 10.4. The molecule has 34 heavy (non-hydrogen) atoms. The van der Waals surface area contributed by atoms with Crippen molar-refractivity contribution in [1.29, 1.82) is 0 Å². The van der Waals surface area contributed by atoms with Gasteiger partial charge in [0, 0.05) is 0 Å². The largest absolute Gasteiger partial charge is 2.00 e. The first-order chi connectivity index (χ1) is 15.6. The Morgan fingerprint density at radius 1 is 0.441 bits per heavy atom. The molecule has 0 atom stereocenters. The Morgan fingerprint density at radius 2 is 0.618 bits per heavy atom. The molecule has 4 aromatic rings. The number of hydrogen-bond acceptors (Lipinski definition) is 5. The molecule has 0 aliphatic rings. The first-order valence-electron chi connectivity index (χ1n) is 9.51.